The van der Waals surface area contributed by atoms with Crippen molar-refractivity contribution in [1.29, 1.82) is 0 Å². The highest BCUT2D eigenvalue weighted by molar-refractivity contribution is 14.1. The molecule has 0 atom stereocenters. The van der Waals surface area contributed by atoms with E-state index >= 15 is 0 Å². The molecule has 0 fully saturated rings. The van der Waals surface area contributed by atoms with Crippen molar-refractivity contribution in [2.24, 2.45) is 5.90 Å². The van der Waals surface area contributed by atoms with Crippen molar-refractivity contribution in [1.82, 2.24) is 0 Å². The normalized spacial score (nSPS) is 9.50. The van der Waals surface area contributed by atoms with Crippen LogP contribution in [0, 0.1) is 13.7 Å². The number of non-ortho nitro benzene ring substituents is 1. The van der Waals surface area contributed by atoms with Crippen LogP contribution in [0.25, 0.3) is 0 Å². The summed E-state index contributed by atoms with van der Waals surface area (Å²) in [5.41, 5.74) is 0.0280. The van der Waals surface area contributed by atoms with Gasteiger partial charge >= 0.3 is 0 Å². The predicted octanol–water partition coefficient (Wildman–Crippen LogP) is 1.45. The molecule has 0 aliphatic carbocycles. The number of halogens is 1. The number of nitrogens with zero attached hydrogens (tertiary/aromatic N) is 1. The molecule has 0 aliphatic rings. The molecule has 0 unspecified atom stereocenters. The van der Waals surface area contributed by atoms with Gasteiger partial charge in [0.15, 0.2) is 5.75 Å². The van der Waals surface area contributed by atoms with E-state index in [-0.39, 0.29) is 5.69 Å². The molecular formula is C6H5IN2O3. The summed E-state index contributed by atoms with van der Waals surface area (Å²) in [6.07, 6.45) is 0. The van der Waals surface area contributed by atoms with Gasteiger partial charge in [0.25, 0.3) is 5.69 Å². The highest BCUT2D eigenvalue weighted by atomic mass is 127. The second-order valence-electron chi connectivity index (χ2n) is 1.99. The Hall–Kier alpha value is -0.890. The Morgan fingerprint density at radius 3 is 2.67 bits per heavy atom. The lowest BCUT2D eigenvalue weighted by Gasteiger charge is -1.99. The SMILES string of the molecule is NOc1ccc([N+](=O)[O-])cc1I. The first-order chi connectivity index (χ1) is 5.65. The minimum Gasteiger partial charge on any atom is -0.410 e. The highest BCUT2D eigenvalue weighted by Crippen LogP contribution is 2.24. The molecule has 6 heteroatoms. The topological polar surface area (TPSA) is 78.4 Å². The lowest BCUT2D eigenvalue weighted by Crippen LogP contribution is -2.03. The minimum absolute atomic E-state index is 0.0280. The molecule has 0 aromatic heterocycles. The van der Waals surface area contributed by atoms with Crippen LogP contribution < -0.4 is 10.7 Å². The number of nitro groups is 1. The number of hydrogen-bond acceptors (Lipinski definition) is 4. The van der Waals surface area contributed by atoms with Crippen molar-refractivity contribution < 1.29 is 9.76 Å². The summed E-state index contributed by atoms with van der Waals surface area (Å²) < 4.78 is 0.615. The average Bonchev–Trinajstić information content (AvgIpc) is 2.04. The van der Waals surface area contributed by atoms with Crippen molar-refractivity contribution in [3.8, 4) is 5.75 Å². The summed E-state index contributed by atoms with van der Waals surface area (Å²) in [5, 5.41) is 10.3. The van der Waals surface area contributed by atoms with Crippen LogP contribution in [0.4, 0.5) is 5.69 Å². The molecule has 0 aliphatic heterocycles. The van der Waals surface area contributed by atoms with E-state index < -0.39 is 4.92 Å². The maximum Gasteiger partial charge on any atom is 0.270 e. The molecule has 5 nitrogen and oxygen atoms in total. The molecule has 12 heavy (non-hydrogen) atoms. The van der Waals surface area contributed by atoms with Crippen molar-refractivity contribution in [2.45, 2.75) is 0 Å². The first kappa shape index (κ1) is 9.20. The Kier molecular flexibility index (Phi) is 2.82. The zero-order valence-corrected chi connectivity index (χ0v) is 8.02. The Balaban J connectivity index is 3.10. The molecular weight excluding hydrogens is 275 g/mol. The van der Waals surface area contributed by atoms with Crippen LogP contribution >= 0.6 is 22.6 Å². The van der Waals surface area contributed by atoms with E-state index in [4.69, 9.17) is 5.90 Å². The largest absolute Gasteiger partial charge is 0.410 e. The second-order valence-corrected chi connectivity index (χ2v) is 3.15. The number of benzene rings is 1. The molecule has 0 saturated heterocycles. The van der Waals surface area contributed by atoms with Gasteiger partial charge in [0.1, 0.15) is 0 Å². The van der Waals surface area contributed by atoms with Crippen LogP contribution in [-0.2, 0) is 0 Å². The van der Waals surface area contributed by atoms with Crippen molar-refractivity contribution in [3.63, 3.8) is 0 Å². The second kappa shape index (κ2) is 3.68. The van der Waals surface area contributed by atoms with E-state index in [1.807, 2.05) is 22.6 Å². The van der Waals surface area contributed by atoms with Gasteiger partial charge in [-0.15, -0.1) is 0 Å². The summed E-state index contributed by atoms with van der Waals surface area (Å²) in [7, 11) is 0. The molecule has 64 valence electrons. The third-order valence-electron chi connectivity index (χ3n) is 1.25. The van der Waals surface area contributed by atoms with Crippen molar-refractivity contribution in [3.05, 3.63) is 31.9 Å². The molecule has 0 amide bonds. The van der Waals surface area contributed by atoms with Gasteiger partial charge < -0.3 is 4.84 Å². The summed E-state index contributed by atoms with van der Waals surface area (Å²) in [5.74, 6) is 5.33. The number of nitrogens with two attached hydrogens (primary N) is 1. The standard InChI is InChI=1S/C6H5IN2O3/c7-5-3-4(9(10)11)1-2-6(5)12-8/h1-3H,8H2. The quantitative estimate of drug-likeness (QED) is 0.505. The van der Waals surface area contributed by atoms with Crippen LogP contribution in [0.15, 0.2) is 18.2 Å². The molecule has 0 spiro atoms. The van der Waals surface area contributed by atoms with Crippen LogP contribution in [0.1, 0.15) is 0 Å². The van der Waals surface area contributed by atoms with E-state index in [1.54, 1.807) is 0 Å². The zero-order valence-electron chi connectivity index (χ0n) is 5.86. The van der Waals surface area contributed by atoms with Gasteiger partial charge in [-0.25, -0.2) is 0 Å². The molecule has 0 bridgehead atoms. The van der Waals surface area contributed by atoms with Gasteiger partial charge in [-0.1, -0.05) is 0 Å². The third-order valence-corrected chi connectivity index (χ3v) is 2.10. The van der Waals surface area contributed by atoms with Gasteiger partial charge in [0, 0.05) is 12.1 Å². The maximum atomic E-state index is 10.3. The smallest absolute Gasteiger partial charge is 0.270 e. The van der Waals surface area contributed by atoms with E-state index in [2.05, 4.69) is 4.84 Å². The number of nitro benzene ring substituents is 1. The first-order valence-electron chi connectivity index (χ1n) is 2.96. The van der Waals surface area contributed by atoms with Gasteiger partial charge in [0.2, 0.25) is 0 Å². The molecule has 0 heterocycles. The van der Waals surface area contributed by atoms with E-state index in [0.717, 1.165) is 0 Å². The summed E-state index contributed by atoms with van der Waals surface area (Å²) in [6.45, 7) is 0. The fourth-order valence-electron chi connectivity index (χ4n) is 0.699. The number of rotatable bonds is 2. The zero-order chi connectivity index (χ0) is 9.14. The molecule has 1 rings (SSSR count). The Labute approximate surface area is 81.8 Å². The summed E-state index contributed by atoms with van der Waals surface area (Å²) in [4.78, 5) is 14.3. The minimum atomic E-state index is -0.470. The Bertz CT molecular complexity index is 316. The van der Waals surface area contributed by atoms with Gasteiger partial charge in [-0.3, -0.25) is 10.1 Å². The van der Waals surface area contributed by atoms with E-state index in [0.29, 0.717) is 9.32 Å². The highest BCUT2D eigenvalue weighted by Gasteiger charge is 2.08. The fraction of sp³-hybridized carbons (Fsp3) is 0. The van der Waals surface area contributed by atoms with Crippen LogP contribution in [0.2, 0.25) is 0 Å². The van der Waals surface area contributed by atoms with Crippen molar-refractivity contribution >= 4 is 28.3 Å². The fourth-order valence-corrected chi connectivity index (χ4v) is 1.32. The van der Waals surface area contributed by atoms with Gasteiger partial charge in [-0.2, -0.15) is 5.90 Å². The van der Waals surface area contributed by atoms with Gasteiger partial charge in [0.05, 0.1) is 8.49 Å². The lowest BCUT2D eigenvalue weighted by molar-refractivity contribution is -0.385. The molecule has 1 aromatic carbocycles. The molecule has 1 aromatic rings. The van der Waals surface area contributed by atoms with Crippen molar-refractivity contribution in [2.75, 3.05) is 0 Å². The summed E-state index contributed by atoms with van der Waals surface area (Å²) in [6, 6.07) is 4.19. The summed E-state index contributed by atoms with van der Waals surface area (Å²) >= 11 is 1.91. The monoisotopic (exact) mass is 280 g/mol. The third kappa shape index (κ3) is 1.83. The Morgan fingerprint density at radius 1 is 1.58 bits per heavy atom. The molecule has 0 saturated carbocycles. The first-order valence-corrected chi connectivity index (χ1v) is 4.03. The van der Waals surface area contributed by atoms with E-state index in [9.17, 15) is 10.1 Å². The van der Waals surface area contributed by atoms with Gasteiger partial charge in [-0.05, 0) is 28.7 Å². The predicted molar refractivity (Wildman–Crippen MR) is 50.6 cm³/mol. The lowest BCUT2D eigenvalue weighted by atomic mass is 10.3. The Morgan fingerprint density at radius 2 is 2.25 bits per heavy atom. The number of hydrogen-bond donors (Lipinski definition) is 1. The van der Waals surface area contributed by atoms with Crippen LogP contribution in [-0.4, -0.2) is 4.92 Å². The van der Waals surface area contributed by atoms with E-state index in [1.165, 1.54) is 18.2 Å². The van der Waals surface area contributed by atoms with Crippen LogP contribution in [0.5, 0.6) is 5.75 Å². The van der Waals surface area contributed by atoms with Crippen LogP contribution in [0.3, 0.4) is 0 Å². The maximum absolute atomic E-state index is 10.3. The molecule has 2 N–H and O–H groups in total. The molecule has 0 radical (unpaired) electrons. The average molecular weight is 280 g/mol.